The number of nitrogens with two attached hydrogens (primary N) is 1. The van der Waals surface area contributed by atoms with E-state index in [1.165, 1.54) is 25.3 Å². The van der Waals surface area contributed by atoms with Gasteiger partial charge in [-0.05, 0) is 36.8 Å². The van der Waals surface area contributed by atoms with E-state index in [0.29, 0.717) is 21.0 Å². The van der Waals surface area contributed by atoms with Crippen LogP contribution in [0.25, 0.3) is 0 Å². The number of rotatable bonds is 6. The Morgan fingerprint density at radius 3 is 2.79 bits per heavy atom. The number of nitrogens with one attached hydrogen (secondary N) is 1. The number of sulfonamides is 1. The van der Waals surface area contributed by atoms with Crippen molar-refractivity contribution < 1.29 is 22.3 Å². The fourth-order valence-corrected chi connectivity index (χ4v) is 6.32. The second-order valence-electron chi connectivity index (χ2n) is 7.72. The van der Waals surface area contributed by atoms with Crippen LogP contribution in [-0.2, 0) is 21.3 Å². The molecule has 0 bridgehead atoms. The Morgan fingerprint density at radius 1 is 1.39 bits per heavy atom. The molecule has 1 aliphatic heterocycles. The second kappa shape index (κ2) is 8.56. The number of thiophene rings is 1. The number of allylic oxidation sites excluding steroid dienone is 1. The number of carbonyl (C=O) groups excluding carboxylic acids is 1. The van der Waals surface area contributed by atoms with Crippen molar-refractivity contribution in [2.75, 3.05) is 7.11 Å². The van der Waals surface area contributed by atoms with E-state index in [-0.39, 0.29) is 28.8 Å². The van der Waals surface area contributed by atoms with Gasteiger partial charge in [-0.25, -0.2) is 9.40 Å². The predicted octanol–water partition coefficient (Wildman–Crippen LogP) is 3.52. The lowest BCUT2D eigenvalue weighted by Gasteiger charge is -2.36. The number of amidine groups is 1. The molecule has 2 heterocycles. The minimum absolute atomic E-state index is 0.0202. The minimum atomic E-state index is -4.09. The van der Waals surface area contributed by atoms with Gasteiger partial charge in [-0.2, -0.15) is 8.42 Å². The number of primary amides is 1. The maximum atomic E-state index is 14.6. The van der Waals surface area contributed by atoms with Gasteiger partial charge in [-0.3, -0.25) is 4.79 Å². The van der Waals surface area contributed by atoms with E-state index < -0.39 is 27.3 Å². The monoisotopic (exact) mass is 510 g/mol. The standard InChI is InChI=1S/C21H20ClFN4O4S2/c1-21-10-14(23)9-15(31-2)18(21)20(26-33(29,30)17-7-6-16(22)32-17)25-27(21)11-12-4-3-5-13(8-12)19(24)28/h3-9H,10-11H2,1-2H3,(H2,24,28)(H,25,26). The molecule has 8 nitrogen and oxygen atoms in total. The van der Waals surface area contributed by atoms with E-state index >= 15 is 0 Å². The minimum Gasteiger partial charge on any atom is -0.496 e. The third kappa shape index (κ3) is 4.41. The number of ether oxygens (including phenoxy) is 1. The largest absolute Gasteiger partial charge is 0.496 e. The lowest BCUT2D eigenvalue weighted by atomic mass is 9.83. The average molecular weight is 511 g/mol. The summed E-state index contributed by atoms with van der Waals surface area (Å²) in [5.74, 6) is -0.812. The molecule has 12 heteroatoms. The van der Waals surface area contributed by atoms with Crippen LogP contribution >= 0.6 is 22.9 Å². The van der Waals surface area contributed by atoms with Gasteiger partial charge in [0.2, 0.25) is 5.91 Å². The van der Waals surface area contributed by atoms with Crippen molar-refractivity contribution in [1.82, 2.24) is 10.4 Å². The predicted molar refractivity (Wildman–Crippen MR) is 124 cm³/mol. The van der Waals surface area contributed by atoms with Gasteiger partial charge in [-0.15, -0.1) is 15.7 Å². The summed E-state index contributed by atoms with van der Waals surface area (Å²) in [6, 6.07) is 9.54. The SMILES string of the molecule is COC1=C2C(=NS(=O)(=O)c3ccc(Cl)s3)NN(Cc3cccc(C(N)=O)c3)C2(C)CC(F)=C1. The normalized spacial score (nSPS) is 22.2. The fourth-order valence-electron chi connectivity index (χ4n) is 3.91. The molecule has 174 valence electrons. The van der Waals surface area contributed by atoms with Crippen LogP contribution in [0.3, 0.4) is 0 Å². The highest BCUT2D eigenvalue weighted by atomic mass is 35.5. The van der Waals surface area contributed by atoms with Crippen molar-refractivity contribution in [2.45, 2.75) is 29.6 Å². The molecule has 4 rings (SSSR count). The Labute approximate surface area is 199 Å². The molecule has 1 unspecified atom stereocenters. The first-order valence-electron chi connectivity index (χ1n) is 9.72. The molecule has 1 aliphatic carbocycles. The second-order valence-corrected chi connectivity index (χ2v) is 11.3. The molecule has 2 aromatic rings. The first-order chi connectivity index (χ1) is 15.5. The van der Waals surface area contributed by atoms with Crippen molar-refractivity contribution >= 4 is 44.7 Å². The number of benzene rings is 1. The Balaban J connectivity index is 1.80. The average Bonchev–Trinajstić information content (AvgIpc) is 3.29. The summed E-state index contributed by atoms with van der Waals surface area (Å²) in [6.45, 7) is 1.96. The van der Waals surface area contributed by atoms with E-state index in [0.717, 1.165) is 11.3 Å². The molecule has 33 heavy (non-hydrogen) atoms. The fraction of sp³-hybridized carbons (Fsp3) is 0.238. The van der Waals surface area contributed by atoms with Crippen molar-refractivity contribution in [2.24, 2.45) is 10.1 Å². The Kier molecular flexibility index (Phi) is 6.08. The van der Waals surface area contributed by atoms with Crippen molar-refractivity contribution in [3.63, 3.8) is 0 Å². The number of halogens is 2. The van der Waals surface area contributed by atoms with Crippen LogP contribution in [0.5, 0.6) is 0 Å². The highest BCUT2D eigenvalue weighted by Gasteiger charge is 2.50. The van der Waals surface area contributed by atoms with Gasteiger partial charge in [0, 0.05) is 24.6 Å². The number of methoxy groups -OCH3 is 1. The van der Waals surface area contributed by atoms with E-state index in [1.54, 1.807) is 36.2 Å². The third-order valence-electron chi connectivity index (χ3n) is 5.45. The number of hydrazine groups is 1. The summed E-state index contributed by atoms with van der Waals surface area (Å²) in [4.78, 5) is 11.6. The van der Waals surface area contributed by atoms with Crippen molar-refractivity contribution in [3.8, 4) is 0 Å². The van der Waals surface area contributed by atoms with Gasteiger partial charge in [0.15, 0.2) is 5.84 Å². The van der Waals surface area contributed by atoms with Crippen LogP contribution in [0.1, 0.15) is 29.3 Å². The summed E-state index contributed by atoms with van der Waals surface area (Å²) in [5, 5.41) is 1.67. The van der Waals surface area contributed by atoms with Gasteiger partial charge < -0.3 is 15.9 Å². The van der Waals surface area contributed by atoms with Gasteiger partial charge in [-0.1, -0.05) is 23.7 Å². The van der Waals surface area contributed by atoms with Crippen LogP contribution in [0.15, 0.2) is 68.2 Å². The molecule has 1 saturated heterocycles. The zero-order valence-corrected chi connectivity index (χ0v) is 20.0. The van der Waals surface area contributed by atoms with Gasteiger partial charge in [0.05, 0.1) is 22.6 Å². The molecule has 0 radical (unpaired) electrons. The van der Waals surface area contributed by atoms with E-state index in [2.05, 4.69) is 9.82 Å². The number of hydrogen-bond acceptors (Lipinski definition) is 6. The zero-order chi connectivity index (χ0) is 24.0. The first kappa shape index (κ1) is 23.4. The highest BCUT2D eigenvalue weighted by molar-refractivity contribution is 7.92. The van der Waals surface area contributed by atoms with Gasteiger partial charge in [0.1, 0.15) is 15.8 Å². The molecule has 0 spiro atoms. The molecule has 1 amide bonds. The Hall–Kier alpha value is -2.73. The molecule has 1 aromatic carbocycles. The lowest BCUT2D eigenvalue weighted by molar-refractivity contribution is 0.0999. The van der Waals surface area contributed by atoms with Crippen LogP contribution in [0, 0.1) is 0 Å². The van der Waals surface area contributed by atoms with Crippen LogP contribution in [0.2, 0.25) is 4.34 Å². The van der Waals surface area contributed by atoms with Crippen LogP contribution in [0.4, 0.5) is 4.39 Å². The first-order valence-corrected chi connectivity index (χ1v) is 12.4. The third-order valence-corrected chi connectivity index (χ3v) is 8.42. The number of hydrogen-bond donors (Lipinski definition) is 2. The zero-order valence-electron chi connectivity index (χ0n) is 17.6. The molecular weight excluding hydrogens is 491 g/mol. The topological polar surface area (TPSA) is 114 Å². The number of amides is 1. The lowest BCUT2D eigenvalue weighted by Crippen LogP contribution is -2.47. The Bertz CT molecular complexity index is 1340. The van der Waals surface area contributed by atoms with E-state index in [9.17, 15) is 17.6 Å². The molecule has 1 fully saturated rings. The summed E-state index contributed by atoms with van der Waals surface area (Å²) in [5.41, 5.74) is 8.81. The summed E-state index contributed by atoms with van der Waals surface area (Å²) in [6.07, 6.45) is 1.18. The molecule has 1 aromatic heterocycles. The maximum Gasteiger partial charge on any atom is 0.293 e. The summed E-state index contributed by atoms with van der Waals surface area (Å²) >= 11 is 6.78. The quantitative estimate of drug-likeness (QED) is 0.614. The molecular formula is C21H20ClFN4O4S2. The number of nitrogens with zero attached hydrogens (tertiary/aromatic N) is 2. The van der Waals surface area contributed by atoms with Crippen LogP contribution < -0.4 is 11.2 Å². The smallest absolute Gasteiger partial charge is 0.293 e. The van der Waals surface area contributed by atoms with Crippen molar-refractivity contribution in [1.29, 1.82) is 0 Å². The van der Waals surface area contributed by atoms with Gasteiger partial charge >= 0.3 is 0 Å². The summed E-state index contributed by atoms with van der Waals surface area (Å²) in [7, 11) is -2.72. The van der Waals surface area contributed by atoms with E-state index in [1.807, 2.05) is 0 Å². The number of carbonyl (C=O) groups is 1. The molecule has 1 atom stereocenters. The molecule has 3 N–H and O–H groups in total. The van der Waals surface area contributed by atoms with Crippen molar-refractivity contribution in [3.05, 3.63) is 75.1 Å². The summed E-state index contributed by atoms with van der Waals surface area (Å²) < 4.78 is 50.1. The molecule has 2 aliphatic rings. The van der Waals surface area contributed by atoms with Crippen LogP contribution in [-0.4, -0.2) is 37.8 Å². The maximum absolute atomic E-state index is 14.6. The van der Waals surface area contributed by atoms with Gasteiger partial charge in [0.25, 0.3) is 10.0 Å². The van der Waals surface area contributed by atoms with E-state index in [4.69, 9.17) is 22.1 Å². The highest BCUT2D eigenvalue weighted by Crippen LogP contribution is 2.43. The molecule has 0 saturated carbocycles. The number of fused-ring (bicyclic) bond motifs is 1. The Morgan fingerprint density at radius 2 is 2.15 bits per heavy atom.